The van der Waals surface area contributed by atoms with Crippen LogP contribution in [0.5, 0.6) is 0 Å². The summed E-state index contributed by atoms with van der Waals surface area (Å²) in [5.74, 6) is 0.730. The lowest BCUT2D eigenvalue weighted by Crippen LogP contribution is -2.49. The number of likely N-dealkylation sites (tertiary alicyclic amines) is 1. The molecule has 2 N–H and O–H groups in total. The molecule has 2 unspecified atom stereocenters. The Balaban J connectivity index is 1.87. The molecule has 2 aromatic rings. The molecule has 0 bridgehead atoms. The van der Waals surface area contributed by atoms with Gasteiger partial charge in [-0.3, -0.25) is 4.79 Å². The smallest absolute Gasteiger partial charge is 0.258 e. The van der Waals surface area contributed by atoms with E-state index in [1.165, 1.54) is 0 Å². The van der Waals surface area contributed by atoms with Gasteiger partial charge in [-0.1, -0.05) is 31.5 Å². The van der Waals surface area contributed by atoms with E-state index in [9.17, 15) is 4.79 Å². The molecule has 3 rings (SSSR count). The van der Waals surface area contributed by atoms with Crippen LogP contribution in [-0.2, 0) is 0 Å². The minimum Gasteiger partial charge on any atom is -0.463 e. The molecule has 21 heavy (non-hydrogen) atoms. The third kappa shape index (κ3) is 2.56. The van der Waals surface area contributed by atoms with Crippen molar-refractivity contribution in [1.82, 2.24) is 4.90 Å². The molecule has 0 spiro atoms. The molecular formula is C17H22N2O2. The molecule has 1 saturated heterocycles. The minimum atomic E-state index is 0.0463. The molecule has 0 saturated carbocycles. The molecule has 2 heterocycles. The highest BCUT2D eigenvalue weighted by atomic mass is 16.3. The number of amides is 1. The zero-order valence-corrected chi connectivity index (χ0v) is 12.4. The molecule has 1 aliphatic heterocycles. The lowest BCUT2D eigenvalue weighted by molar-refractivity contribution is 0.0559. The second-order valence-corrected chi connectivity index (χ2v) is 5.83. The van der Waals surface area contributed by atoms with Crippen molar-refractivity contribution in [2.45, 2.75) is 32.2 Å². The van der Waals surface area contributed by atoms with Crippen molar-refractivity contribution in [3.63, 3.8) is 0 Å². The predicted octanol–water partition coefficient (Wildman–Crippen LogP) is 3.02. The standard InChI is InChI=1S/C17H22N2O2/c1-2-12-7-8-19(13(9-12)10-18)17(20)15-11-21-16-6-4-3-5-14(15)16/h3-6,11-13H,2,7-10,18H2,1H3. The van der Waals surface area contributed by atoms with Crippen LogP contribution in [0.4, 0.5) is 0 Å². The summed E-state index contributed by atoms with van der Waals surface area (Å²) in [6.45, 7) is 3.52. The minimum absolute atomic E-state index is 0.0463. The first-order valence-corrected chi connectivity index (χ1v) is 7.71. The van der Waals surface area contributed by atoms with E-state index >= 15 is 0 Å². The summed E-state index contributed by atoms with van der Waals surface area (Å²) in [6, 6.07) is 7.80. The van der Waals surface area contributed by atoms with E-state index < -0.39 is 0 Å². The van der Waals surface area contributed by atoms with Gasteiger partial charge in [0.1, 0.15) is 11.8 Å². The highest BCUT2D eigenvalue weighted by molar-refractivity contribution is 6.06. The number of nitrogens with zero attached hydrogens (tertiary/aromatic N) is 1. The number of benzene rings is 1. The fourth-order valence-corrected chi connectivity index (χ4v) is 3.29. The van der Waals surface area contributed by atoms with Gasteiger partial charge in [0.25, 0.3) is 5.91 Å². The van der Waals surface area contributed by atoms with E-state index in [-0.39, 0.29) is 11.9 Å². The first-order chi connectivity index (χ1) is 10.2. The second kappa shape index (κ2) is 5.90. The Kier molecular flexibility index (Phi) is 3.97. The Morgan fingerprint density at radius 3 is 3.00 bits per heavy atom. The average Bonchev–Trinajstić information content (AvgIpc) is 2.97. The molecular weight excluding hydrogens is 264 g/mol. The van der Waals surface area contributed by atoms with Crippen LogP contribution in [0, 0.1) is 5.92 Å². The summed E-state index contributed by atoms with van der Waals surface area (Å²) >= 11 is 0. The third-order valence-corrected chi connectivity index (χ3v) is 4.65. The Bertz CT molecular complexity index is 635. The fourth-order valence-electron chi connectivity index (χ4n) is 3.29. The molecule has 0 radical (unpaired) electrons. The SMILES string of the molecule is CCC1CCN(C(=O)c2coc3ccccc23)C(CN)C1. The summed E-state index contributed by atoms with van der Waals surface area (Å²) < 4.78 is 5.49. The highest BCUT2D eigenvalue weighted by Crippen LogP contribution is 2.28. The van der Waals surface area contributed by atoms with Gasteiger partial charge in [-0.25, -0.2) is 0 Å². The zero-order chi connectivity index (χ0) is 14.8. The number of hydrogen-bond donors (Lipinski definition) is 1. The summed E-state index contributed by atoms with van der Waals surface area (Å²) in [5.41, 5.74) is 7.31. The van der Waals surface area contributed by atoms with Crippen molar-refractivity contribution in [3.05, 3.63) is 36.1 Å². The van der Waals surface area contributed by atoms with Crippen molar-refractivity contribution in [2.75, 3.05) is 13.1 Å². The Labute approximate surface area is 124 Å². The highest BCUT2D eigenvalue weighted by Gasteiger charge is 2.31. The normalized spacial score (nSPS) is 22.7. The number of fused-ring (bicyclic) bond motifs is 1. The largest absolute Gasteiger partial charge is 0.463 e. The van der Waals surface area contributed by atoms with Gasteiger partial charge in [0.15, 0.2) is 0 Å². The predicted molar refractivity (Wildman–Crippen MR) is 83.1 cm³/mol. The lowest BCUT2D eigenvalue weighted by atomic mass is 9.88. The van der Waals surface area contributed by atoms with Crippen molar-refractivity contribution in [1.29, 1.82) is 0 Å². The summed E-state index contributed by atoms with van der Waals surface area (Å²) in [5, 5.41) is 0.885. The van der Waals surface area contributed by atoms with Gasteiger partial charge in [-0.2, -0.15) is 0 Å². The number of carbonyl (C=O) groups excluding carboxylic acids is 1. The Hall–Kier alpha value is -1.81. The van der Waals surface area contributed by atoms with Gasteiger partial charge in [0, 0.05) is 24.5 Å². The monoisotopic (exact) mass is 286 g/mol. The van der Waals surface area contributed by atoms with Crippen molar-refractivity contribution < 1.29 is 9.21 Å². The molecule has 4 heteroatoms. The van der Waals surface area contributed by atoms with E-state index in [4.69, 9.17) is 10.2 Å². The number of furan rings is 1. The third-order valence-electron chi connectivity index (χ3n) is 4.65. The first kappa shape index (κ1) is 14.1. The van der Waals surface area contributed by atoms with Crippen LogP contribution < -0.4 is 5.73 Å². The first-order valence-electron chi connectivity index (χ1n) is 7.71. The molecule has 2 atom stereocenters. The lowest BCUT2D eigenvalue weighted by Gasteiger charge is -2.38. The molecule has 1 fully saturated rings. The van der Waals surface area contributed by atoms with E-state index in [0.717, 1.165) is 36.8 Å². The van der Waals surface area contributed by atoms with Crippen LogP contribution in [0.3, 0.4) is 0 Å². The number of carbonyl (C=O) groups is 1. The quantitative estimate of drug-likeness (QED) is 0.943. The molecule has 0 aliphatic carbocycles. The summed E-state index contributed by atoms with van der Waals surface area (Å²) in [7, 11) is 0. The topological polar surface area (TPSA) is 59.5 Å². The van der Waals surface area contributed by atoms with Gasteiger partial charge in [-0.05, 0) is 24.8 Å². The number of para-hydroxylation sites is 1. The van der Waals surface area contributed by atoms with Crippen molar-refractivity contribution in [3.8, 4) is 0 Å². The van der Waals surface area contributed by atoms with Gasteiger partial charge >= 0.3 is 0 Å². The molecule has 4 nitrogen and oxygen atoms in total. The van der Waals surface area contributed by atoms with E-state index in [1.807, 2.05) is 29.2 Å². The molecule has 1 amide bonds. The number of hydrogen-bond acceptors (Lipinski definition) is 3. The van der Waals surface area contributed by atoms with Gasteiger partial charge < -0.3 is 15.1 Å². The number of nitrogens with two attached hydrogens (primary N) is 1. The molecule has 1 aliphatic rings. The Morgan fingerprint density at radius 2 is 2.24 bits per heavy atom. The van der Waals surface area contributed by atoms with Crippen molar-refractivity contribution in [2.24, 2.45) is 11.7 Å². The number of piperidine rings is 1. The van der Waals surface area contributed by atoms with Crippen molar-refractivity contribution >= 4 is 16.9 Å². The van der Waals surface area contributed by atoms with Crippen LogP contribution in [0.25, 0.3) is 11.0 Å². The van der Waals surface area contributed by atoms with Crippen LogP contribution in [0.2, 0.25) is 0 Å². The van der Waals surface area contributed by atoms with E-state index in [0.29, 0.717) is 18.0 Å². The molecule has 112 valence electrons. The average molecular weight is 286 g/mol. The van der Waals surface area contributed by atoms with Gasteiger partial charge in [0.2, 0.25) is 0 Å². The van der Waals surface area contributed by atoms with Crippen LogP contribution in [0.15, 0.2) is 34.9 Å². The summed E-state index contributed by atoms with van der Waals surface area (Å²) in [4.78, 5) is 14.8. The molecule has 1 aromatic carbocycles. The van der Waals surface area contributed by atoms with Crippen LogP contribution >= 0.6 is 0 Å². The second-order valence-electron chi connectivity index (χ2n) is 5.83. The maximum atomic E-state index is 12.8. The zero-order valence-electron chi connectivity index (χ0n) is 12.4. The maximum Gasteiger partial charge on any atom is 0.258 e. The Morgan fingerprint density at radius 1 is 1.43 bits per heavy atom. The van der Waals surface area contributed by atoms with Gasteiger partial charge in [-0.15, -0.1) is 0 Å². The van der Waals surface area contributed by atoms with E-state index in [2.05, 4.69) is 6.92 Å². The van der Waals surface area contributed by atoms with E-state index in [1.54, 1.807) is 6.26 Å². The maximum absolute atomic E-state index is 12.8. The molecule has 1 aromatic heterocycles. The number of rotatable bonds is 3. The summed E-state index contributed by atoms with van der Waals surface area (Å²) in [6.07, 6.45) is 4.81. The fraction of sp³-hybridized carbons (Fsp3) is 0.471. The van der Waals surface area contributed by atoms with Gasteiger partial charge in [0.05, 0.1) is 5.56 Å². The van der Waals surface area contributed by atoms with Crippen LogP contribution in [-0.4, -0.2) is 29.9 Å². The van der Waals surface area contributed by atoms with Crippen LogP contribution in [0.1, 0.15) is 36.5 Å².